The summed E-state index contributed by atoms with van der Waals surface area (Å²) in [5.41, 5.74) is 0. The summed E-state index contributed by atoms with van der Waals surface area (Å²) in [6.07, 6.45) is 3.31. The van der Waals surface area contributed by atoms with Gasteiger partial charge in [-0.25, -0.2) is 0 Å². The summed E-state index contributed by atoms with van der Waals surface area (Å²) in [6, 6.07) is 0. The van der Waals surface area contributed by atoms with Crippen LogP contribution in [0.2, 0.25) is 0 Å². The number of unbranched alkanes of at least 4 members (excludes halogenated alkanes) is 1. The molecule has 0 amide bonds. The van der Waals surface area contributed by atoms with E-state index in [-0.39, 0.29) is 5.92 Å². The van der Waals surface area contributed by atoms with E-state index in [0.29, 0.717) is 0 Å². The third-order valence-corrected chi connectivity index (χ3v) is 2.68. The third-order valence-electron chi connectivity index (χ3n) is 2.68. The van der Waals surface area contributed by atoms with Crippen molar-refractivity contribution in [1.29, 1.82) is 0 Å². The number of hydrogen-bond acceptors (Lipinski definition) is 3. The van der Waals surface area contributed by atoms with Gasteiger partial charge in [-0.15, -0.1) is 0 Å². The molecule has 0 fully saturated rings. The Bertz CT molecular complexity index is 124. The maximum absolute atomic E-state index is 9.95. The van der Waals surface area contributed by atoms with Gasteiger partial charge in [0.25, 0.3) is 0 Å². The summed E-state index contributed by atoms with van der Waals surface area (Å²) in [7, 11) is 3.12. The molecule has 0 aliphatic carbocycles. The zero-order valence-corrected chi connectivity index (χ0v) is 9.82. The first-order valence-corrected chi connectivity index (χ1v) is 5.44. The SMILES string of the molecule is CCCCC(CC)C(O)C(OC)OC. The van der Waals surface area contributed by atoms with E-state index in [2.05, 4.69) is 13.8 Å². The lowest BCUT2D eigenvalue weighted by molar-refractivity contribution is -0.179. The summed E-state index contributed by atoms with van der Waals surface area (Å²) >= 11 is 0. The standard InChI is InChI=1S/C11H24O3/c1-5-7-8-9(6-2)10(12)11(13-3)14-4/h9-12H,5-8H2,1-4H3. The second-order valence-corrected chi connectivity index (χ2v) is 3.64. The van der Waals surface area contributed by atoms with Gasteiger partial charge in [0.05, 0.1) is 0 Å². The molecule has 2 unspecified atom stereocenters. The van der Waals surface area contributed by atoms with Gasteiger partial charge < -0.3 is 14.6 Å². The first-order chi connectivity index (χ1) is 6.71. The largest absolute Gasteiger partial charge is 0.388 e. The van der Waals surface area contributed by atoms with Crippen LogP contribution in [0.5, 0.6) is 0 Å². The first kappa shape index (κ1) is 13.9. The molecule has 0 rings (SSSR count). The van der Waals surface area contributed by atoms with E-state index in [1.54, 1.807) is 14.2 Å². The van der Waals surface area contributed by atoms with Crippen LogP contribution in [0.25, 0.3) is 0 Å². The summed E-state index contributed by atoms with van der Waals surface area (Å²) in [4.78, 5) is 0. The Labute approximate surface area is 87.4 Å². The Morgan fingerprint density at radius 3 is 2.07 bits per heavy atom. The fourth-order valence-electron chi connectivity index (χ4n) is 1.68. The highest BCUT2D eigenvalue weighted by Gasteiger charge is 2.25. The van der Waals surface area contributed by atoms with Crippen molar-refractivity contribution in [3.63, 3.8) is 0 Å². The molecule has 86 valence electrons. The molecule has 3 heteroatoms. The molecule has 0 saturated heterocycles. The minimum absolute atomic E-state index is 0.278. The molecular weight excluding hydrogens is 180 g/mol. The van der Waals surface area contributed by atoms with Crippen molar-refractivity contribution < 1.29 is 14.6 Å². The molecule has 0 aliphatic rings. The molecule has 0 aromatic carbocycles. The topological polar surface area (TPSA) is 38.7 Å². The second kappa shape index (κ2) is 8.21. The predicted molar refractivity (Wildman–Crippen MR) is 57.1 cm³/mol. The fraction of sp³-hybridized carbons (Fsp3) is 1.00. The average molecular weight is 204 g/mol. The van der Waals surface area contributed by atoms with Crippen molar-refractivity contribution in [3.8, 4) is 0 Å². The van der Waals surface area contributed by atoms with Gasteiger partial charge in [-0.05, 0) is 12.3 Å². The zero-order valence-electron chi connectivity index (χ0n) is 9.82. The molecule has 0 heterocycles. The number of aliphatic hydroxyl groups is 1. The third kappa shape index (κ3) is 4.40. The molecule has 0 radical (unpaired) electrons. The summed E-state index contributed by atoms with van der Waals surface area (Å²) in [5.74, 6) is 0.278. The second-order valence-electron chi connectivity index (χ2n) is 3.64. The molecule has 0 aliphatic heterocycles. The molecule has 0 spiro atoms. The van der Waals surface area contributed by atoms with Crippen molar-refractivity contribution >= 4 is 0 Å². The Hall–Kier alpha value is -0.120. The molecule has 1 N–H and O–H groups in total. The van der Waals surface area contributed by atoms with Gasteiger partial charge in [0.1, 0.15) is 6.10 Å². The Kier molecular flexibility index (Phi) is 8.14. The molecule has 0 saturated carbocycles. The van der Waals surface area contributed by atoms with Crippen LogP contribution in [-0.4, -0.2) is 31.7 Å². The average Bonchev–Trinajstić information content (AvgIpc) is 2.21. The lowest BCUT2D eigenvalue weighted by Gasteiger charge is -2.27. The minimum atomic E-state index is -0.512. The van der Waals surface area contributed by atoms with Gasteiger partial charge in [0.15, 0.2) is 6.29 Å². The van der Waals surface area contributed by atoms with E-state index in [4.69, 9.17) is 9.47 Å². The van der Waals surface area contributed by atoms with Gasteiger partial charge >= 0.3 is 0 Å². The Balaban J connectivity index is 4.06. The lowest BCUT2D eigenvalue weighted by atomic mass is 9.93. The zero-order chi connectivity index (χ0) is 11.0. The summed E-state index contributed by atoms with van der Waals surface area (Å²) in [5, 5.41) is 9.95. The van der Waals surface area contributed by atoms with E-state index in [0.717, 1.165) is 25.7 Å². The van der Waals surface area contributed by atoms with Crippen LogP contribution in [0.15, 0.2) is 0 Å². The molecule has 3 nitrogen and oxygen atoms in total. The van der Waals surface area contributed by atoms with Crippen LogP contribution >= 0.6 is 0 Å². The van der Waals surface area contributed by atoms with Crippen LogP contribution < -0.4 is 0 Å². The number of rotatable bonds is 8. The van der Waals surface area contributed by atoms with Crippen molar-refractivity contribution in [3.05, 3.63) is 0 Å². The van der Waals surface area contributed by atoms with Crippen molar-refractivity contribution in [2.75, 3.05) is 14.2 Å². The Morgan fingerprint density at radius 2 is 1.71 bits per heavy atom. The normalized spacial score (nSPS) is 15.9. The number of hydrogen-bond donors (Lipinski definition) is 1. The number of ether oxygens (including phenoxy) is 2. The van der Waals surface area contributed by atoms with Crippen LogP contribution in [0.1, 0.15) is 39.5 Å². The first-order valence-electron chi connectivity index (χ1n) is 5.44. The van der Waals surface area contributed by atoms with Crippen LogP contribution in [0.3, 0.4) is 0 Å². The molecule has 0 aromatic rings. The monoisotopic (exact) mass is 204 g/mol. The van der Waals surface area contributed by atoms with Gasteiger partial charge in [-0.2, -0.15) is 0 Å². The number of aliphatic hydroxyl groups excluding tert-OH is 1. The smallest absolute Gasteiger partial charge is 0.182 e. The molecule has 14 heavy (non-hydrogen) atoms. The van der Waals surface area contributed by atoms with E-state index >= 15 is 0 Å². The predicted octanol–water partition coefficient (Wildman–Crippen LogP) is 2.18. The quantitative estimate of drug-likeness (QED) is 0.616. The van der Waals surface area contributed by atoms with E-state index in [1.165, 1.54) is 0 Å². The van der Waals surface area contributed by atoms with E-state index in [1.807, 2.05) is 0 Å². The molecule has 0 bridgehead atoms. The van der Waals surface area contributed by atoms with Crippen LogP contribution in [0.4, 0.5) is 0 Å². The van der Waals surface area contributed by atoms with Crippen molar-refractivity contribution in [2.24, 2.45) is 5.92 Å². The highest BCUT2D eigenvalue weighted by Crippen LogP contribution is 2.20. The van der Waals surface area contributed by atoms with Crippen LogP contribution in [-0.2, 0) is 9.47 Å². The van der Waals surface area contributed by atoms with Crippen molar-refractivity contribution in [1.82, 2.24) is 0 Å². The molecule has 0 aromatic heterocycles. The number of methoxy groups -OCH3 is 2. The van der Waals surface area contributed by atoms with Gasteiger partial charge in [0.2, 0.25) is 0 Å². The van der Waals surface area contributed by atoms with Crippen LogP contribution in [0, 0.1) is 5.92 Å². The van der Waals surface area contributed by atoms with Gasteiger partial charge in [-0.3, -0.25) is 0 Å². The van der Waals surface area contributed by atoms with Crippen molar-refractivity contribution in [2.45, 2.75) is 51.9 Å². The highest BCUT2D eigenvalue weighted by molar-refractivity contribution is 4.70. The minimum Gasteiger partial charge on any atom is -0.388 e. The maximum Gasteiger partial charge on any atom is 0.182 e. The highest BCUT2D eigenvalue weighted by atomic mass is 16.7. The van der Waals surface area contributed by atoms with Gasteiger partial charge in [-0.1, -0.05) is 33.1 Å². The molecule has 2 atom stereocenters. The Morgan fingerprint density at radius 1 is 1.14 bits per heavy atom. The van der Waals surface area contributed by atoms with E-state index < -0.39 is 12.4 Å². The fourth-order valence-corrected chi connectivity index (χ4v) is 1.68. The lowest BCUT2D eigenvalue weighted by Crippen LogP contribution is -2.36. The molecular formula is C11H24O3. The van der Waals surface area contributed by atoms with E-state index in [9.17, 15) is 5.11 Å². The summed E-state index contributed by atoms with van der Waals surface area (Å²) < 4.78 is 10.1. The maximum atomic E-state index is 9.95. The summed E-state index contributed by atoms with van der Waals surface area (Å²) in [6.45, 7) is 4.25. The van der Waals surface area contributed by atoms with Gasteiger partial charge in [0, 0.05) is 14.2 Å².